The van der Waals surface area contributed by atoms with Crippen molar-refractivity contribution in [2.45, 2.75) is 44.0 Å². The Kier molecular flexibility index (Phi) is 5.10. The van der Waals surface area contributed by atoms with Crippen molar-refractivity contribution in [3.05, 3.63) is 35.6 Å². The molecule has 0 spiro atoms. The average molecular weight is 296 g/mol. The molecule has 1 aliphatic heterocycles. The second kappa shape index (κ2) is 6.46. The molecule has 2 rings (SSSR count). The maximum absolute atomic E-state index is 13.9. The molecule has 1 aliphatic rings. The molecule has 4 heteroatoms. The molecule has 2 N–H and O–H groups in total. The zero-order valence-corrected chi connectivity index (χ0v) is 13.4. The van der Waals surface area contributed by atoms with E-state index in [4.69, 9.17) is 5.73 Å². The van der Waals surface area contributed by atoms with E-state index < -0.39 is 0 Å². The number of benzene rings is 1. The summed E-state index contributed by atoms with van der Waals surface area (Å²) < 4.78 is 13.9. The van der Waals surface area contributed by atoms with E-state index >= 15 is 0 Å². The number of nitrogens with zero attached hydrogens (tertiary/aromatic N) is 1. The Morgan fingerprint density at radius 2 is 2.10 bits per heavy atom. The predicted molar refractivity (Wildman–Crippen MR) is 85.7 cm³/mol. The fourth-order valence-electron chi connectivity index (χ4n) is 3.04. The topological polar surface area (TPSA) is 29.3 Å². The predicted octanol–water partition coefficient (Wildman–Crippen LogP) is 2.91. The zero-order chi connectivity index (χ0) is 14.8. The molecule has 1 saturated heterocycles. The highest BCUT2D eigenvalue weighted by molar-refractivity contribution is 8.00. The van der Waals surface area contributed by atoms with Gasteiger partial charge in [0, 0.05) is 35.7 Å². The molecule has 0 aliphatic carbocycles. The normalized spacial score (nSPS) is 27.2. The minimum Gasteiger partial charge on any atom is -0.329 e. The molecule has 1 aromatic rings. The number of hydrogen-bond donors (Lipinski definition) is 1. The van der Waals surface area contributed by atoms with Crippen LogP contribution in [0.4, 0.5) is 4.39 Å². The standard InChI is InChI=1S/C16H25FN2S/c1-12-13(2)20-9-8-19(12)16(3,11-18)10-14-6-4-5-7-15(14)17/h4-7,12-13H,8-11,18H2,1-3H3. The molecule has 20 heavy (non-hydrogen) atoms. The quantitative estimate of drug-likeness (QED) is 0.926. The van der Waals surface area contributed by atoms with E-state index in [9.17, 15) is 4.39 Å². The van der Waals surface area contributed by atoms with Gasteiger partial charge in [-0.3, -0.25) is 4.90 Å². The summed E-state index contributed by atoms with van der Waals surface area (Å²) in [6.07, 6.45) is 0.665. The van der Waals surface area contributed by atoms with Crippen molar-refractivity contribution >= 4 is 11.8 Å². The number of nitrogens with two attached hydrogens (primary N) is 1. The highest BCUT2D eigenvalue weighted by Crippen LogP contribution is 2.32. The van der Waals surface area contributed by atoms with E-state index in [-0.39, 0.29) is 11.4 Å². The lowest BCUT2D eigenvalue weighted by atomic mass is 9.88. The molecule has 0 bridgehead atoms. The summed E-state index contributed by atoms with van der Waals surface area (Å²) in [6.45, 7) is 8.26. The summed E-state index contributed by atoms with van der Waals surface area (Å²) in [5, 5.41) is 0.593. The van der Waals surface area contributed by atoms with Gasteiger partial charge in [-0.2, -0.15) is 11.8 Å². The van der Waals surface area contributed by atoms with Crippen molar-refractivity contribution in [2.75, 3.05) is 18.8 Å². The zero-order valence-electron chi connectivity index (χ0n) is 12.6. The van der Waals surface area contributed by atoms with Gasteiger partial charge >= 0.3 is 0 Å². The molecule has 2 nitrogen and oxygen atoms in total. The Labute approximate surface area is 125 Å². The fourth-order valence-corrected chi connectivity index (χ4v) is 4.14. The molecule has 0 aromatic heterocycles. The molecule has 1 fully saturated rings. The van der Waals surface area contributed by atoms with Gasteiger partial charge in [0.05, 0.1) is 0 Å². The van der Waals surface area contributed by atoms with E-state index in [0.29, 0.717) is 24.3 Å². The Hall–Kier alpha value is -0.580. The van der Waals surface area contributed by atoms with Gasteiger partial charge in [0.2, 0.25) is 0 Å². The van der Waals surface area contributed by atoms with Gasteiger partial charge in [-0.25, -0.2) is 4.39 Å². The summed E-state index contributed by atoms with van der Waals surface area (Å²) >= 11 is 2.01. The second-order valence-corrected chi connectivity index (χ2v) is 7.46. The third-order valence-electron chi connectivity index (χ3n) is 4.55. The lowest BCUT2D eigenvalue weighted by Gasteiger charge is -2.49. The molecule has 0 saturated carbocycles. The molecular formula is C16H25FN2S. The van der Waals surface area contributed by atoms with Crippen LogP contribution in [0, 0.1) is 5.82 Å². The third kappa shape index (κ3) is 3.18. The summed E-state index contributed by atoms with van der Waals surface area (Å²) in [7, 11) is 0. The van der Waals surface area contributed by atoms with Gasteiger partial charge in [-0.05, 0) is 31.9 Å². The van der Waals surface area contributed by atoms with Crippen LogP contribution < -0.4 is 5.73 Å². The van der Waals surface area contributed by atoms with E-state index in [1.165, 1.54) is 6.07 Å². The highest BCUT2D eigenvalue weighted by atomic mass is 32.2. The van der Waals surface area contributed by atoms with Crippen molar-refractivity contribution in [3.63, 3.8) is 0 Å². The van der Waals surface area contributed by atoms with Gasteiger partial charge in [0.1, 0.15) is 5.82 Å². The molecular weight excluding hydrogens is 271 g/mol. The molecule has 3 atom stereocenters. The van der Waals surface area contributed by atoms with Gasteiger partial charge < -0.3 is 5.73 Å². The molecule has 1 aromatic carbocycles. The minimum atomic E-state index is -0.184. The fraction of sp³-hybridized carbons (Fsp3) is 0.625. The van der Waals surface area contributed by atoms with Gasteiger partial charge in [0.25, 0.3) is 0 Å². The first-order chi connectivity index (χ1) is 9.48. The average Bonchev–Trinajstić information content (AvgIpc) is 2.44. The minimum absolute atomic E-state index is 0.126. The van der Waals surface area contributed by atoms with E-state index in [1.54, 1.807) is 6.07 Å². The molecule has 1 heterocycles. The third-order valence-corrected chi connectivity index (χ3v) is 5.88. The first kappa shape index (κ1) is 15.8. The van der Waals surface area contributed by atoms with Crippen molar-refractivity contribution in [1.29, 1.82) is 0 Å². The number of hydrogen-bond acceptors (Lipinski definition) is 3. The largest absolute Gasteiger partial charge is 0.329 e. The number of thioether (sulfide) groups is 1. The van der Waals surface area contributed by atoms with Gasteiger partial charge in [-0.1, -0.05) is 25.1 Å². The van der Waals surface area contributed by atoms with E-state index in [2.05, 4.69) is 25.7 Å². The van der Waals surface area contributed by atoms with Crippen LogP contribution in [0.5, 0.6) is 0 Å². The van der Waals surface area contributed by atoms with Crippen LogP contribution >= 0.6 is 11.8 Å². The SMILES string of the molecule is CC1SCCN(C(C)(CN)Cc2ccccc2F)C1C. The van der Waals surface area contributed by atoms with E-state index in [1.807, 2.05) is 23.9 Å². The summed E-state index contributed by atoms with van der Waals surface area (Å²) in [5.74, 6) is 0.998. The maximum atomic E-state index is 13.9. The van der Waals surface area contributed by atoms with E-state index in [0.717, 1.165) is 17.9 Å². The lowest BCUT2D eigenvalue weighted by molar-refractivity contribution is 0.0708. The van der Waals surface area contributed by atoms with Crippen LogP contribution in [0.25, 0.3) is 0 Å². The summed E-state index contributed by atoms with van der Waals surface area (Å²) in [5.41, 5.74) is 6.65. The first-order valence-electron chi connectivity index (χ1n) is 7.30. The monoisotopic (exact) mass is 296 g/mol. The number of rotatable bonds is 4. The van der Waals surface area contributed by atoms with Crippen LogP contribution in [0.2, 0.25) is 0 Å². The lowest BCUT2D eigenvalue weighted by Crippen LogP contribution is -2.60. The smallest absolute Gasteiger partial charge is 0.126 e. The van der Waals surface area contributed by atoms with Crippen molar-refractivity contribution in [2.24, 2.45) is 5.73 Å². The highest BCUT2D eigenvalue weighted by Gasteiger charge is 2.38. The van der Waals surface area contributed by atoms with Crippen LogP contribution in [0.3, 0.4) is 0 Å². The molecule has 0 radical (unpaired) electrons. The van der Waals surface area contributed by atoms with Crippen molar-refractivity contribution < 1.29 is 4.39 Å². The van der Waals surface area contributed by atoms with Crippen LogP contribution in [-0.2, 0) is 6.42 Å². The first-order valence-corrected chi connectivity index (χ1v) is 8.34. The maximum Gasteiger partial charge on any atom is 0.126 e. The second-order valence-electron chi connectivity index (χ2n) is 5.98. The molecule has 3 unspecified atom stereocenters. The molecule has 112 valence electrons. The Bertz CT molecular complexity index is 454. The van der Waals surface area contributed by atoms with Crippen LogP contribution in [-0.4, -0.2) is 40.6 Å². The summed E-state index contributed by atoms with van der Waals surface area (Å²) in [4.78, 5) is 2.47. The molecule has 0 amide bonds. The van der Waals surface area contributed by atoms with Gasteiger partial charge in [0.15, 0.2) is 0 Å². The summed E-state index contributed by atoms with van der Waals surface area (Å²) in [6, 6.07) is 7.50. The van der Waals surface area contributed by atoms with Gasteiger partial charge in [-0.15, -0.1) is 0 Å². The van der Waals surface area contributed by atoms with Crippen molar-refractivity contribution in [1.82, 2.24) is 4.90 Å². The Morgan fingerprint density at radius 3 is 2.75 bits per heavy atom. The number of halogens is 1. The van der Waals surface area contributed by atoms with Crippen LogP contribution in [0.1, 0.15) is 26.3 Å². The van der Waals surface area contributed by atoms with Crippen molar-refractivity contribution in [3.8, 4) is 0 Å². The Morgan fingerprint density at radius 1 is 1.40 bits per heavy atom. The van der Waals surface area contributed by atoms with Crippen LogP contribution in [0.15, 0.2) is 24.3 Å². The Balaban J connectivity index is 2.22.